The maximum Gasteiger partial charge on any atom is 0.246 e. The van der Waals surface area contributed by atoms with Crippen LogP contribution in [0.25, 0.3) is 0 Å². The Morgan fingerprint density at radius 1 is 1.42 bits per heavy atom. The number of hydrogen-bond donors (Lipinski definition) is 2. The summed E-state index contributed by atoms with van der Waals surface area (Å²) in [4.78, 5) is 29.3. The molecule has 2 rings (SSSR count). The first-order valence-electron chi connectivity index (χ1n) is 8.20. The number of nitrogens with zero attached hydrogens (tertiary/aromatic N) is 3. The standard InChI is InChI=1S/C16H27N5O3/c1-11(2)12-6-21(8-15-18-4-5-20(15)3)7-13(12)19-16(23)10-24-9-14(17)22/h4-5,11-13H,6-10H2,1-3H3,(H2,17,22)(H,19,23)/t12-,13+/m0/s1. The van der Waals surface area contributed by atoms with Crippen molar-refractivity contribution < 1.29 is 14.3 Å². The summed E-state index contributed by atoms with van der Waals surface area (Å²) in [6.07, 6.45) is 3.72. The molecule has 0 unspecified atom stereocenters. The molecule has 3 N–H and O–H groups in total. The van der Waals surface area contributed by atoms with E-state index in [1.54, 1.807) is 6.20 Å². The molecule has 0 bridgehead atoms. The lowest BCUT2D eigenvalue weighted by Crippen LogP contribution is -2.43. The second-order valence-electron chi connectivity index (χ2n) is 6.69. The van der Waals surface area contributed by atoms with E-state index in [0.29, 0.717) is 11.8 Å². The van der Waals surface area contributed by atoms with E-state index in [1.807, 2.05) is 17.8 Å². The summed E-state index contributed by atoms with van der Waals surface area (Å²) >= 11 is 0. The van der Waals surface area contributed by atoms with Gasteiger partial charge in [-0.05, 0) is 11.8 Å². The van der Waals surface area contributed by atoms with Crippen LogP contribution in [-0.2, 0) is 27.9 Å². The van der Waals surface area contributed by atoms with Crippen molar-refractivity contribution in [2.45, 2.75) is 26.4 Å². The lowest BCUT2D eigenvalue weighted by atomic mass is 9.91. The van der Waals surface area contributed by atoms with E-state index >= 15 is 0 Å². The fraction of sp³-hybridized carbons (Fsp3) is 0.688. The highest BCUT2D eigenvalue weighted by molar-refractivity contribution is 5.79. The summed E-state index contributed by atoms with van der Waals surface area (Å²) in [5.74, 6) is 1.03. The molecule has 2 atom stereocenters. The van der Waals surface area contributed by atoms with Gasteiger partial charge >= 0.3 is 0 Å². The first kappa shape index (κ1) is 18.4. The third-order valence-corrected chi connectivity index (χ3v) is 4.41. The molecule has 1 aliphatic rings. The molecular weight excluding hydrogens is 310 g/mol. The number of amides is 2. The molecule has 1 aromatic rings. The fourth-order valence-electron chi connectivity index (χ4n) is 3.11. The topological polar surface area (TPSA) is 102 Å². The summed E-state index contributed by atoms with van der Waals surface area (Å²) < 4.78 is 6.99. The molecule has 0 spiro atoms. The SMILES string of the molecule is CC(C)[C@@H]1CN(Cc2nccn2C)C[C@H]1NC(=O)COCC(N)=O. The van der Waals surface area contributed by atoms with E-state index in [1.165, 1.54) is 0 Å². The van der Waals surface area contributed by atoms with Gasteiger partial charge in [0.1, 0.15) is 19.0 Å². The van der Waals surface area contributed by atoms with Gasteiger partial charge in [-0.15, -0.1) is 0 Å². The Labute approximate surface area is 142 Å². The molecule has 0 aromatic carbocycles. The minimum Gasteiger partial charge on any atom is -0.368 e. The highest BCUT2D eigenvalue weighted by Crippen LogP contribution is 2.25. The minimum atomic E-state index is -0.579. The van der Waals surface area contributed by atoms with Crippen molar-refractivity contribution >= 4 is 11.8 Å². The summed E-state index contributed by atoms with van der Waals surface area (Å²) in [5.41, 5.74) is 4.99. The average molecular weight is 337 g/mol. The Hall–Kier alpha value is -1.93. The number of nitrogens with two attached hydrogens (primary N) is 1. The zero-order valence-electron chi connectivity index (χ0n) is 14.6. The number of imidazole rings is 1. The van der Waals surface area contributed by atoms with E-state index in [9.17, 15) is 9.59 Å². The van der Waals surface area contributed by atoms with Gasteiger partial charge in [0.15, 0.2) is 0 Å². The van der Waals surface area contributed by atoms with Crippen molar-refractivity contribution in [3.63, 3.8) is 0 Å². The van der Waals surface area contributed by atoms with Gasteiger partial charge in [0.2, 0.25) is 11.8 Å². The number of hydrogen-bond acceptors (Lipinski definition) is 5. The molecule has 24 heavy (non-hydrogen) atoms. The van der Waals surface area contributed by atoms with Crippen LogP contribution in [0.4, 0.5) is 0 Å². The van der Waals surface area contributed by atoms with Gasteiger partial charge in [-0.25, -0.2) is 4.98 Å². The van der Waals surface area contributed by atoms with E-state index in [4.69, 9.17) is 10.5 Å². The Kier molecular flexibility index (Phi) is 6.33. The number of carbonyl (C=O) groups is 2. The molecule has 8 heteroatoms. The van der Waals surface area contributed by atoms with Crippen LogP contribution < -0.4 is 11.1 Å². The van der Waals surface area contributed by atoms with Crippen LogP contribution in [0.5, 0.6) is 0 Å². The average Bonchev–Trinajstić information content (AvgIpc) is 3.06. The normalized spacial score (nSPS) is 21.3. The predicted octanol–water partition coefficient (Wildman–Crippen LogP) is -0.505. The second-order valence-corrected chi connectivity index (χ2v) is 6.69. The second kappa shape index (κ2) is 8.25. The van der Waals surface area contributed by atoms with Gasteiger partial charge in [0.25, 0.3) is 0 Å². The number of aromatic nitrogens is 2. The Balaban J connectivity index is 1.89. The van der Waals surface area contributed by atoms with E-state index in [-0.39, 0.29) is 25.2 Å². The van der Waals surface area contributed by atoms with Gasteiger partial charge in [-0.3, -0.25) is 14.5 Å². The zero-order valence-corrected chi connectivity index (χ0v) is 14.6. The van der Waals surface area contributed by atoms with Crippen LogP contribution in [-0.4, -0.2) is 58.6 Å². The van der Waals surface area contributed by atoms with Crippen molar-refractivity contribution in [1.29, 1.82) is 0 Å². The number of ether oxygens (including phenoxy) is 1. The largest absolute Gasteiger partial charge is 0.368 e. The van der Waals surface area contributed by atoms with Gasteiger partial charge < -0.3 is 20.4 Å². The quantitative estimate of drug-likeness (QED) is 0.665. The summed E-state index contributed by atoms with van der Waals surface area (Å²) in [6.45, 7) is 6.39. The molecule has 2 heterocycles. The van der Waals surface area contributed by atoms with Crippen LogP contribution in [0.15, 0.2) is 12.4 Å². The number of aryl methyl sites for hydroxylation is 1. The molecule has 134 valence electrons. The Morgan fingerprint density at radius 2 is 2.17 bits per heavy atom. The van der Waals surface area contributed by atoms with Gasteiger partial charge in [0, 0.05) is 38.6 Å². The maximum atomic E-state index is 12.0. The first-order chi connectivity index (χ1) is 11.4. The number of nitrogens with one attached hydrogen (secondary N) is 1. The number of likely N-dealkylation sites (tertiary alicyclic amines) is 1. The number of rotatable bonds is 8. The van der Waals surface area contributed by atoms with Crippen molar-refractivity contribution in [3.8, 4) is 0 Å². The lowest BCUT2D eigenvalue weighted by Gasteiger charge is -2.22. The molecule has 1 aromatic heterocycles. The smallest absolute Gasteiger partial charge is 0.246 e. The monoisotopic (exact) mass is 337 g/mol. The van der Waals surface area contributed by atoms with Crippen LogP contribution in [0.3, 0.4) is 0 Å². The lowest BCUT2D eigenvalue weighted by molar-refractivity contribution is -0.130. The van der Waals surface area contributed by atoms with Gasteiger partial charge in [-0.2, -0.15) is 0 Å². The number of carbonyl (C=O) groups excluding carboxylic acids is 2. The molecular formula is C16H27N5O3. The van der Waals surface area contributed by atoms with Gasteiger partial charge in [0.05, 0.1) is 6.54 Å². The van der Waals surface area contributed by atoms with E-state index in [2.05, 4.69) is 29.0 Å². The molecule has 1 saturated heterocycles. The molecule has 0 aliphatic carbocycles. The molecule has 8 nitrogen and oxygen atoms in total. The van der Waals surface area contributed by atoms with Crippen molar-refractivity contribution in [2.75, 3.05) is 26.3 Å². The third kappa shape index (κ3) is 5.04. The minimum absolute atomic E-state index is 0.0648. The van der Waals surface area contributed by atoms with E-state index in [0.717, 1.165) is 25.5 Å². The van der Waals surface area contributed by atoms with Crippen LogP contribution in [0, 0.1) is 11.8 Å². The molecule has 1 fully saturated rings. The highest BCUT2D eigenvalue weighted by atomic mass is 16.5. The highest BCUT2D eigenvalue weighted by Gasteiger charge is 2.35. The van der Waals surface area contributed by atoms with Crippen LogP contribution in [0.1, 0.15) is 19.7 Å². The number of primary amides is 1. The molecule has 0 saturated carbocycles. The van der Waals surface area contributed by atoms with Crippen molar-refractivity contribution in [3.05, 3.63) is 18.2 Å². The van der Waals surface area contributed by atoms with Crippen LogP contribution >= 0.6 is 0 Å². The summed E-state index contributed by atoms with van der Waals surface area (Å²) in [5, 5.41) is 3.02. The Bertz CT molecular complexity index is 572. The first-order valence-corrected chi connectivity index (χ1v) is 8.20. The fourth-order valence-corrected chi connectivity index (χ4v) is 3.11. The summed E-state index contributed by atoms with van der Waals surface area (Å²) in [7, 11) is 1.98. The van der Waals surface area contributed by atoms with Crippen molar-refractivity contribution in [1.82, 2.24) is 19.8 Å². The zero-order chi connectivity index (χ0) is 17.7. The molecule has 0 radical (unpaired) electrons. The molecule has 2 amide bonds. The molecule has 1 aliphatic heterocycles. The maximum absolute atomic E-state index is 12.0. The predicted molar refractivity (Wildman–Crippen MR) is 88.8 cm³/mol. The summed E-state index contributed by atoms with van der Waals surface area (Å²) in [6, 6.07) is 0.0648. The third-order valence-electron chi connectivity index (χ3n) is 4.41. The van der Waals surface area contributed by atoms with Gasteiger partial charge in [-0.1, -0.05) is 13.8 Å². The van der Waals surface area contributed by atoms with E-state index < -0.39 is 5.91 Å². The van der Waals surface area contributed by atoms with Crippen molar-refractivity contribution in [2.24, 2.45) is 24.6 Å². The Morgan fingerprint density at radius 3 is 2.75 bits per heavy atom. The van der Waals surface area contributed by atoms with Crippen LogP contribution in [0.2, 0.25) is 0 Å².